The number of primary amides is 1. The zero-order valence-electron chi connectivity index (χ0n) is 11.3. The molecule has 1 aromatic rings. The monoisotopic (exact) mass is 298 g/mol. The molecule has 0 heterocycles. The molecule has 0 saturated carbocycles. The standard InChI is InChI=1S/C13H15FN2O5/c1-8(21-10-4-2-9(14)3-5-10)13(19)20-7-12(18)16-6-11(15)17/h2-5,8H,6-7H2,1H3,(H2,15,17)(H,16,18)/t8-/m1/s1. The molecule has 8 heteroatoms. The summed E-state index contributed by atoms with van der Waals surface area (Å²) in [5.74, 6) is -2.27. The Balaban J connectivity index is 2.35. The van der Waals surface area contributed by atoms with E-state index in [0.29, 0.717) is 5.75 Å². The van der Waals surface area contributed by atoms with Gasteiger partial charge in [-0.1, -0.05) is 0 Å². The Kier molecular flexibility index (Phi) is 6.12. The molecule has 0 fully saturated rings. The number of halogens is 1. The van der Waals surface area contributed by atoms with E-state index in [-0.39, 0.29) is 6.54 Å². The highest BCUT2D eigenvalue weighted by molar-refractivity contribution is 5.86. The lowest BCUT2D eigenvalue weighted by molar-refractivity contribution is -0.154. The van der Waals surface area contributed by atoms with Gasteiger partial charge in [-0.3, -0.25) is 9.59 Å². The van der Waals surface area contributed by atoms with Crippen molar-refractivity contribution in [2.45, 2.75) is 13.0 Å². The number of esters is 1. The molecule has 0 aliphatic rings. The van der Waals surface area contributed by atoms with E-state index in [0.717, 1.165) is 0 Å². The average Bonchev–Trinajstić information content (AvgIpc) is 2.44. The first-order chi connectivity index (χ1) is 9.88. The van der Waals surface area contributed by atoms with Gasteiger partial charge in [0.15, 0.2) is 12.7 Å². The highest BCUT2D eigenvalue weighted by Gasteiger charge is 2.17. The summed E-state index contributed by atoms with van der Waals surface area (Å²) in [5, 5.41) is 2.16. The number of carbonyl (C=O) groups is 3. The van der Waals surface area contributed by atoms with Crippen LogP contribution < -0.4 is 15.8 Å². The maximum atomic E-state index is 12.7. The van der Waals surface area contributed by atoms with Crippen molar-refractivity contribution in [1.82, 2.24) is 5.32 Å². The number of nitrogens with two attached hydrogens (primary N) is 1. The van der Waals surface area contributed by atoms with Crippen LogP contribution in [0.25, 0.3) is 0 Å². The molecule has 1 atom stereocenters. The van der Waals surface area contributed by atoms with Gasteiger partial charge in [0, 0.05) is 0 Å². The maximum Gasteiger partial charge on any atom is 0.347 e. The van der Waals surface area contributed by atoms with E-state index >= 15 is 0 Å². The third-order valence-corrected chi connectivity index (χ3v) is 2.26. The number of nitrogens with one attached hydrogen (secondary N) is 1. The Morgan fingerprint density at radius 3 is 2.48 bits per heavy atom. The second-order valence-corrected chi connectivity index (χ2v) is 4.06. The largest absolute Gasteiger partial charge is 0.479 e. The van der Waals surface area contributed by atoms with Crippen molar-refractivity contribution in [3.05, 3.63) is 30.1 Å². The fourth-order valence-electron chi connectivity index (χ4n) is 1.26. The van der Waals surface area contributed by atoms with Crippen LogP contribution in [0, 0.1) is 5.82 Å². The fourth-order valence-corrected chi connectivity index (χ4v) is 1.26. The Morgan fingerprint density at radius 1 is 1.29 bits per heavy atom. The Hall–Kier alpha value is -2.64. The van der Waals surface area contributed by atoms with Crippen molar-refractivity contribution in [2.75, 3.05) is 13.2 Å². The Morgan fingerprint density at radius 2 is 1.90 bits per heavy atom. The van der Waals surface area contributed by atoms with E-state index in [4.69, 9.17) is 15.2 Å². The lowest BCUT2D eigenvalue weighted by Crippen LogP contribution is -2.37. The van der Waals surface area contributed by atoms with Gasteiger partial charge in [0.05, 0.1) is 6.54 Å². The van der Waals surface area contributed by atoms with Crippen LogP contribution in [0.15, 0.2) is 24.3 Å². The van der Waals surface area contributed by atoms with Crippen LogP contribution in [0.1, 0.15) is 6.92 Å². The van der Waals surface area contributed by atoms with Crippen molar-refractivity contribution in [2.24, 2.45) is 5.73 Å². The van der Waals surface area contributed by atoms with Gasteiger partial charge < -0.3 is 20.5 Å². The minimum atomic E-state index is -0.973. The first-order valence-electron chi connectivity index (χ1n) is 6.02. The molecule has 0 radical (unpaired) electrons. The van der Waals surface area contributed by atoms with E-state index in [9.17, 15) is 18.8 Å². The summed E-state index contributed by atoms with van der Waals surface area (Å²) in [6.07, 6.45) is -0.973. The number of hydrogen-bond donors (Lipinski definition) is 2. The number of benzene rings is 1. The van der Waals surface area contributed by atoms with Crippen LogP contribution in [0.2, 0.25) is 0 Å². The van der Waals surface area contributed by atoms with Crippen molar-refractivity contribution >= 4 is 17.8 Å². The normalized spacial score (nSPS) is 11.3. The minimum absolute atomic E-state index is 0.291. The van der Waals surface area contributed by atoms with Gasteiger partial charge in [0.25, 0.3) is 5.91 Å². The van der Waals surface area contributed by atoms with Gasteiger partial charge >= 0.3 is 5.97 Å². The van der Waals surface area contributed by atoms with Gasteiger partial charge in [0.2, 0.25) is 5.91 Å². The van der Waals surface area contributed by atoms with Gasteiger partial charge in [-0.2, -0.15) is 0 Å². The summed E-state index contributed by atoms with van der Waals surface area (Å²) in [6.45, 7) is 0.536. The molecule has 0 bridgehead atoms. The number of carbonyl (C=O) groups excluding carboxylic acids is 3. The molecular formula is C13H15FN2O5. The van der Waals surface area contributed by atoms with Crippen LogP contribution in [0.3, 0.4) is 0 Å². The molecule has 114 valence electrons. The molecule has 0 aliphatic carbocycles. The molecule has 1 rings (SSSR count). The second-order valence-electron chi connectivity index (χ2n) is 4.06. The van der Waals surface area contributed by atoms with Gasteiger partial charge in [-0.25, -0.2) is 9.18 Å². The fraction of sp³-hybridized carbons (Fsp3) is 0.308. The average molecular weight is 298 g/mol. The summed E-state index contributed by atoms with van der Waals surface area (Å²) in [4.78, 5) is 33.2. The smallest absolute Gasteiger partial charge is 0.347 e. The van der Waals surface area contributed by atoms with Crippen molar-refractivity contribution < 1.29 is 28.2 Å². The van der Waals surface area contributed by atoms with Crippen LogP contribution in [-0.2, 0) is 19.1 Å². The molecule has 1 aromatic carbocycles. The Bertz CT molecular complexity index is 518. The zero-order valence-corrected chi connectivity index (χ0v) is 11.3. The molecule has 0 unspecified atom stereocenters. The van der Waals surface area contributed by atoms with E-state index in [1.807, 2.05) is 0 Å². The van der Waals surface area contributed by atoms with Crippen LogP contribution in [0.5, 0.6) is 5.75 Å². The molecule has 2 amide bonds. The number of rotatable bonds is 7. The lowest BCUT2D eigenvalue weighted by atomic mass is 10.3. The van der Waals surface area contributed by atoms with Crippen LogP contribution in [0.4, 0.5) is 4.39 Å². The summed E-state index contributed by atoms with van der Waals surface area (Å²) in [7, 11) is 0. The second kappa shape index (κ2) is 7.83. The Labute approximate surface area is 120 Å². The minimum Gasteiger partial charge on any atom is -0.479 e. The van der Waals surface area contributed by atoms with E-state index < -0.39 is 36.3 Å². The number of ether oxygens (including phenoxy) is 2. The molecule has 0 spiro atoms. The number of hydrogen-bond acceptors (Lipinski definition) is 5. The van der Waals surface area contributed by atoms with Gasteiger partial charge in [0.1, 0.15) is 11.6 Å². The lowest BCUT2D eigenvalue weighted by Gasteiger charge is -2.13. The summed E-state index contributed by atoms with van der Waals surface area (Å²) < 4.78 is 22.6. The highest BCUT2D eigenvalue weighted by atomic mass is 19.1. The molecule has 0 aliphatic heterocycles. The third kappa shape index (κ3) is 6.37. The molecule has 0 aromatic heterocycles. The van der Waals surface area contributed by atoms with Crippen molar-refractivity contribution in [3.63, 3.8) is 0 Å². The molecule has 3 N–H and O–H groups in total. The molecule has 21 heavy (non-hydrogen) atoms. The summed E-state index contributed by atoms with van der Waals surface area (Å²) in [6, 6.07) is 5.09. The zero-order chi connectivity index (χ0) is 15.8. The predicted octanol–water partition coefficient (Wildman–Crippen LogP) is -0.262. The summed E-state index contributed by atoms with van der Waals surface area (Å²) in [5.41, 5.74) is 4.83. The summed E-state index contributed by atoms with van der Waals surface area (Å²) >= 11 is 0. The van der Waals surface area contributed by atoms with Crippen molar-refractivity contribution in [3.8, 4) is 5.75 Å². The maximum absolute atomic E-state index is 12.7. The van der Waals surface area contributed by atoms with Gasteiger partial charge in [-0.05, 0) is 31.2 Å². The van der Waals surface area contributed by atoms with E-state index in [1.54, 1.807) is 0 Å². The van der Waals surface area contributed by atoms with E-state index in [1.165, 1.54) is 31.2 Å². The quantitative estimate of drug-likeness (QED) is 0.674. The number of amides is 2. The van der Waals surface area contributed by atoms with E-state index in [2.05, 4.69) is 5.32 Å². The molecular weight excluding hydrogens is 283 g/mol. The van der Waals surface area contributed by atoms with Gasteiger partial charge in [-0.15, -0.1) is 0 Å². The van der Waals surface area contributed by atoms with Crippen LogP contribution >= 0.6 is 0 Å². The SMILES string of the molecule is C[C@@H](Oc1ccc(F)cc1)C(=O)OCC(=O)NCC(N)=O. The third-order valence-electron chi connectivity index (χ3n) is 2.26. The molecule has 0 saturated heterocycles. The highest BCUT2D eigenvalue weighted by Crippen LogP contribution is 2.13. The van der Waals surface area contributed by atoms with Crippen molar-refractivity contribution in [1.29, 1.82) is 0 Å². The van der Waals surface area contributed by atoms with Crippen LogP contribution in [-0.4, -0.2) is 37.0 Å². The first-order valence-corrected chi connectivity index (χ1v) is 6.02. The topological polar surface area (TPSA) is 108 Å². The predicted molar refractivity (Wildman–Crippen MR) is 69.7 cm³/mol. The first kappa shape index (κ1) is 16.4. The molecule has 7 nitrogen and oxygen atoms in total.